The normalized spacial score (nSPS) is 10.7. The molecule has 0 amide bonds. The van der Waals surface area contributed by atoms with E-state index in [1.54, 1.807) is 24.8 Å². The summed E-state index contributed by atoms with van der Waals surface area (Å²) < 4.78 is 6.98. The molecule has 3 aromatic heterocycles. The maximum Gasteiger partial charge on any atom is 0.228 e. The van der Waals surface area contributed by atoms with E-state index >= 15 is 0 Å². The zero-order chi connectivity index (χ0) is 13.1. The fourth-order valence-corrected chi connectivity index (χ4v) is 1.82. The lowest BCUT2D eigenvalue weighted by atomic mass is 10.2. The van der Waals surface area contributed by atoms with Crippen molar-refractivity contribution in [3.05, 3.63) is 43.1 Å². The number of nitrogen functional groups attached to an aromatic ring is 1. The number of hydrogen-bond acceptors (Lipinski definition) is 6. The molecule has 3 rings (SSSR count). The van der Waals surface area contributed by atoms with Gasteiger partial charge >= 0.3 is 0 Å². The minimum atomic E-state index is 0.501. The predicted molar refractivity (Wildman–Crippen MR) is 67.9 cm³/mol. The molecular formula is C12H12N6O. The minimum Gasteiger partial charge on any atom is -0.384 e. The molecule has 3 heterocycles. The smallest absolute Gasteiger partial charge is 0.228 e. The van der Waals surface area contributed by atoms with Gasteiger partial charge in [0.05, 0.1) is 18.2 Å². The van der Waals surface area contributed by atoms with Gasteiger partial charge in [-0.3, -0.25) is 0 Å². The van der Waals surface area contributed by atoms with E-state index in [1.165, 1.54) is 6.33 Å². The van der Waals surface area contributed by atoms with Crippen molar-refractivity contribution >= 4 is 5.82 Å². The van der Waals surface area contributed by atoms with Crippen molar-refractivity contribution < 1.29 is 4.52 Å². The van der Waals surface area contributed by atoms with E-state index in [-0.39, 0.29) is 0 Å². The van der Waals surface area contributed by atoms with Gasteiger partial charge in [0.25, 0.3) is 0 Å². The molecule has 96 valence electrons. The summed E-state index contributed by atoms with van der Waals surface area (Å²) in [7, 11) is 0. The largest absolute Gasteiger partial charge is 0.384 e. The zero-order valence-corrected chi connectivity index (χ0v) is 10.1. The van der Waals surface area contributed by atoms with Gasteiger partial charge in [-0.2, -0.15) is 4.98 Å². The van der Waals surface area contributed by atoms with Crippen LogP contribution in [0.5, 0.6) is 0 Å². The molecule has 0 aliphatic heterocycles. The monoisotopic (exact) mass is 256 g/mol. The highest BCUT2D eigenvalue weighted by molar-refractivity contribution is 5.59. The quantitative estimate of drug-likeness (QED) is 0.752. The number of nitrogens with zero attached hydrogens (tertiary/aromatic N) is 5. The van der Waals surface area contributed by atoms with Gasteiger partial charge in [0.15, 0.2) is 6.33 Å². The lowest BCUT2D eigenvalue weighted by Gasteiger charge is -2.06. The van der Waals surface area contributed by atoms with Crippen LogP contribution in [0.1, 0.15) is 5.89 Å². The zero-order valence-electron chi connectivity index (χ0n) is 10.1. The second-order valence-corrected chi connectivity index (χ2v) is 4.03. The van der Waals surface area contributed by atoms with E-state index in [4.69, 9.17) is 10.3 Å². The maximum absolute atomic E-state index is 5.58. The minimum absolute atomic E-state index is 0.501. The Labute approximate surface area is 109 Å². The molecule has 0 radical (unpaired) electrons. The molecule has 0 aliphatic carbocycles. The molecule has 2 N–H and O–H groups in total. The highest BCUT2D eigenvalue weighted by atomic mass is 16.5. The third-order valence-corrected chi connectivity index (χ3v) is 2.77. The molecule has 7 nitrogen and oxygen atoms in total. The van der Waals surface area contributed by atoms with Crippen LogP contribution in [-0.4, -0.2) is 24.7 Å². The predicted octanol–water partition coefficient (Wildman–Crippen LogP) is 1.15. The number of nitrogens with two attached hydrogens (primary N) is 1. The van der Waals surface area contributed by atoms with Gasteiger partial charge in [-0.05, 0) is 12.1 Å². The van der Waals surface area contributed by atoms with Crippen LogP contribution in [0.3, 0.4) is 0 Å². The second kappa shape index (κ2) is 4.89. The fraction of sp³-hybridized carbons (Fsp3) is 0.167. The van der Waals surface area contributed by atoms with Crippen molar-refractivity contribution in [2.24, 2.45) is 0 Å². The number of rotatable bonds is 4. The summed E-state index contributed by atoms with van der Waals surface area (Å²) in [6.45, 7) is 0.710. The van der Waals surface area contributed by atoms with E-state index < -0.39 is 0 Å². The molecule has 0 aromatic carbocycles. The fourth-order valence-electron chi connectivity index (χ4n) is 1.82. The number of pyridine rings is 1. The van der Waals surface area contributed by atoms with Gasteiger partial charge in [-0.25, -0.2) is 9.97 Å². The summed E-state index contributed by atoms with van der Waals surface area (Å²) in [5.41, 5.74) is 7.53. The standard InChI is InChI=1S/C12H12N6O/c13-11-2-1-9(5-15-11)10-6-14-8-18(10)4-3-12-16-7-17-19-12/h1-2,5-8H,3-4H2,(H2,13,15). The lowest BCUT2D eigenvalue weighted by Crippen LogP contribution is -2.02. The Morgan fingerprint density at radius 1 is 1.21 bits per heavy atom. The first-order valence-corrected chi connectivity index (χ1v) is 5.80. The number of imidazole rings is 1. The molecule has 19 heavy (non-hydrogen) atoms. The molecule has 0 spiro atoms. The number of aromatic nitrogens is 5. The van der Waals surface area contributed by atoms with Gasteiger partial charge < -0.3 is 14.8 Å². The molecule has 0 saturated heterocycles. The van der Waals surface area contributed by atoms with Crippen LogP contribution >= 0.6 is 0 Å². The molecule has 7 heteroatoms. The maximum atomic E-state index is 5.58. The van der Waals surface area contributed by atoms with Gasteiger partial charge in [-0.15, -0.1) is 0 Å². The van der Waals surface area contributed by atoms with Crippen LogP contribution in [0.25, 0.3) is 11.3 Å². The second-order valence-electron chi connectivity index (χ2n) is 4.03. The summed E-state index contributed by atoms with van der Waals surface area (Å²) in [5.74, 6) is 1.11. The summed E-state index contributed by atoms with van der Waals surface area (Å²) in [4.78, 5) is 12.2. The molecule has 0 unspecified atom stereocenters. The summed E-state index contributed by atoms with van der Waals surface area (Å²) in [6, 6.07) is 3.69. The van der Waals surface area contributed by atoms with Gasteiger partial charge in [0.1, 0.15) is 5.82 Å². The van der Waals surface area contributed by atoms with E-state index in [1.807, 2.05) is 10.6 Å². The molecular weight excluding hydrogens is 244 g/mol. The van der Waals surface area contributed by atoms with Gasteiger partial charge in [0, 0.05) is 24.7 Å². The highest BCUT2D eigenvalue weighted by Crippen LogP contribution is 2.18. The van der Waals surface area contributed by atoms with E-state index in [2.05, 4.69) is 20.1 Å². The Balaban J connectivity index is 1.80. The first-order valence-electron chi connectivity index (χ1n) is 5.80. The van der Waals surface area contributed by atoms with Crippen molar-refractivity contribution in [3.8, 4) is 11.3 Å². The van der Waals surface area contributed by atoms with Crippen LogP contribution in [-0.2, 0) is 13.0 Å². The summed E-state index contributed by atoms with van der Waals surface area (Å²) >= 11 is 0. The summed E-state index contributed by atoms with van der Waals surface area (Å²) in [5, 5.41) is 3.58. The Morgan fingerprint density at radius 2 is 2.16 bits per heavy atom. The Morgan fingerprint density at radius 3 is 2.89 bits per heavy atom. The van der Waals surface area contributed by atoms with Crippen molar-refractivity contribution in [1.29, 1.82) is 0 Å². The topological polar surface area (TPSA) is 95.7 Å². The summed E-state index contributed by atoms with van der Waals surface area (Å²) in [6.07, 6.45) is 7.35. The van der Waals surface area contributed by atoms with Crippen LogP contribution in [0.15, 0.2) is 41.7 Å². The van der Waals surface area contributed by atoms with Crippen molar-refractivity contribution in [3.63, 3.8) is 0 Å². The molecule has 0 saturated carbocycles. The Hall–Kier alpha value is -2.70. The highest BCUT2D eigenvalue weighted by Gasteiger charge is 2.07. The van der Waals surface area contributed by atoms with E-state index in [9.17, 15) is 0 Å². The SMILES string of the molecule is Nc1ccc(-c2cncn2CCc2ncno2)cn1. The average molecular weight is 256 g/mol. The number of hydrogen-bond donors (Lipinski definition) is 1. The van der Waals surface area contributed by atoms with Crippen LogP contribution in [0.4, 0.5) is 5.82 Å². The van der Waals surface area contributed by atoms with Crippen LogP contribution < -0.4 is 5.73 Å². The molecule has 0 aliphatic rings. The van der Waals surface area contributed by atoms with Crippen LogP contribution in [0, 0.1) is 0 Å². The first kappa shape index (κ1) is 11.4. The third-order valence-electron chi connectivity index (χ3n) is 2.77. The first-order chi connectivity index (χ1) is 9.33. The Bertz CT molecular complexity index is 643. The molecule has 0 fully saturated rings. The molecule has 0 atom stereocenters. The van der Waals surface area contributed by atoms with Crippen LogP contribution in [0.2, 0.25) is 0 Å². The average Bonchev–Trinajstić information content (AvgIpc) is 3.08. The van der Waals surface area contributed by atoms with Crippen molar-refractivity contribution in [2.45, 2.75) is 13.0 Å². The van der Waals surface area contributed by atoms with E-state index in [0.717, 1.165) is 11.3 Å². The lowest BCUT2D eigenvalue weighted by molar-refractivity contribution is 0.371. The molecule has 0 bridgehead atoms. The van der Waals surface area contributed by atoms with E-state index in [0.29, 0.717) is 24.7 Å². The van der Waals surface area contributed by atoms with Gasteiger partial charge in [-0.1, -0.05) is 5.16 Å². The Kier molecular flexibility index (Phi) is 2.93. The van der Waals surface area contributed by atoms with Gasteiger partial charge in [0.2, 0.25) is 5.89 Å². The van der Waals surface area contributed by atoms with Crippen molar-refractivity contribution in [1.82, 2.24) is 24.7 Å². The number of anilines is 1. The number of aryl methyl sites for hydroxylation is 2. The molecule has 3 aromatic rings. The third kappa shape index (κ3) is 2.44. The van der Waals surface area contributed by atoms with Crippen molar-refractivity contribution in [2.75, 3.05) is 5.73 Å².